The highest BCUT2D eigenvalue weighted by Crippen LogP contribution is 2.26. The Morgan fingerprint density at radius 3 is 2.33 bits per heavy atom. The average molecular weight is 213 g/mol. The van der Waals surface area contributed by atoms with E-state index in [0.29, 0.717) is 11.3 Å². The van der Waals surface area contributed by atoms with Gasteiger partial charge in [-0.2, -0.15) is 0 Å². The molecule has 0 saturated heterocycles. The Hall–Kier alpha value is -0.0800. The van der Waals surface area contributed by atoms with Crippen LogP contribution in [-0.4, -0.2) is 24.3 Å². The second-order valence-corrected chi connectivity index (χ2v) is 6.16. The van der Waals surface area contributed by atoms with Gasteiger partial charge in [0.05, 0.1) is 6.10 Å². The molecule has 2 heteroatoms. The summed E-state index contributed by atoms with van der Waals surface area (Å²) in [4.78, 5) is 0. The number of aliphatic hydroxyl groups is 1. The van der Waals surface area contributed by atoms with E-state index in [1.165, 1.54) is 32.1 Å². The second kappa shape index (κ2) is 5.86. The monoisotopic (exact) mass is 213 g/mol. The fourth-order valence-corrected chi connectivity index (χ4v) is 2.28. The zero-order valence-electron chi connectivity index (χ0n) is 10.6. The van der Waals surface area contributed by atoms with Gasteiger partial charge < -0.3 is 10.4 Å². The number of hydrogen-bond donors (Lipinski definition) is 2. The lowest BCUT2D eigenvalue weighted by Gasteiger charge is -2.28. The Labute approximate surface area is 94.5 Å². The number of aliphatic hydroxyl groups excluding tert-OH is 1. The van der Waals surface area contributed by atoms with Crippen LogP contribution in [-0.2, 0) is 0 Å². The van der Waals surface area contributed by atoms with E-state index in [9.17, 15) is 5.11 Å². The second-order valence-electron chi connectivity index (χ2n) is 6.16. The van der Waals surface area contributed by atoms with Gasteiger partial charge in [0.1, 0.15) is 0 Å². The molecule has 0 aliphatic heterocycles. The van der Waals surface area contributed by atoms with E-state index in [-0.39, 0.29) is 6.10 Å². The summed E-state index contributed by atoms with van der Waals surface area (Å²) in [5.74, 6) is 0.547. The van der Waals surface area contributed by atoms with Gasteiger partial charge >= 0.3 is 0 Å². The third-order valence-electron chi connectivity index (χ3n) is 3.20. The van der Waals surface area contributed by atoms with Crippen molar-refractivity contribution in [3.8, 4) is 0 Å². The molecule has 0 aromatic rings. The summed E-state index contributed by atoms with van der Waals surface area (Å²) >= 11 is 0. The van der Waals surface area contributed by atoms with Gasteiger partial charge in [0, 0.05) is 13.1 Å². The lowest BCUT2D eigenvalue weighted by molar-refractivity contribution is 0.0821. The van der Waals surface area contributed by atoms with Crippen LogP contribution in [0.4, 0.5) is 0 Å². The summed E-state index contributed by atoms with van der Waals surface area (Å²) in [5.41, 5.74) is 0.312. The summed E-state index contributed by atoms with van der Waals surface area (Å²) in [6.07, 6.45) is 6.28. The lowest BCUT2D eigenvalue weighted by atomic mass is 9.85. The average Bonchev–Trinajstić information content (AvgIpc) is 2.17. The molecule has 1 unspecified atom stereocenters. The van der Waals surface area contributed by atoms with Crippen LogP contribution < -0.4 is 5.32 Å². The molecular formula is C13H27NO. The van der Waals surface area contributed by atoms with Gasteiger partial charge in [0.2, 0.25) is 0 Å². The molecular weight excluding hydrogens is 186 g/mol. The van der Waals surface area contributed by atoms with Gasteiger partial charge in [-0.3, -0.25) is 0 Å². The minimum atomic E-state index is -0.132. The SMILES string of the molecule is CC(C)(C)CNCC(O)C1CCCCC1. The van der Waals surface area contributed by atoms with E-state index in [0.717, 1.165) is 13.1 Å². The molecule has 1 saturated carbocycles. The maximum Gasteiger partial charge on any atom is 0.0692 e. The minimum absolute atomic E-state index is 0.132. The van der Waals surface area contributed by atoms with Gasteiger partial charge in [-0.15, -0.1) is 0 Å². The van der Waals surface area contributed by atoms with Gasteiger partial charge in [0.25, 0.3) is 0 Å². The van der Waals surface area contributed by atoms with E-state index < -0.39 is 0 Å². The van der Waals surface area contributed by atoms with Crippen molar-refractivity contribution in [3.63, 3.8) is 0 Å². The van der Waals surface area contributed by atoms with Crippen LogP contribution in [0.1, 0.15) is 52.9 Å². The summed E-state index contributed by atoms with van der Waals surface area (Å²) in [5, 5.41) is 13.4. The van der Waals surface area contributed by atoms with Gasteiger partial charge in [-0.25, -0.2) is 0 Å². The van der Waals surface area contributed by atoms with E-state index in [4.69, 9.17) is 0 Å². The first-order chi connectivity index (χ1) is 6.99. The summed E-state index contributed by atoms with van der Waals surface area (Å²) in [6.45, 7) is 8.39. The molecule has 2 N–H and O–H groups in total. The first-order valence-corrected chi connectivity index (χ1v) is 6.38. The summed E-state index contributed by atoms with van der Waals surface area (Å²) in [7, 11) is 0. The smallest absolute Gasteiger partial charge is 0.0692 e. The van der Waals surface area contributed by atoms with Crippen LogP contribution >= 0.6 is 0 Å². The summed E-state index contributed by atoms with van der Waals surface area (Å²) in [6, 6.07) is 0. The lowest BCUT2D eigenvalue weighted by Crippen LogP contribution is -2.37. The highest BCUT2D eigenvalue weighted by Gasteiger charge is 2.21. The molecule has 1 aliphatic rings. The van der Waals surface area contributed by atoms with Crippen molar-refractivity contribution in [1.82, 2.24) is 5.32 Å². The molecule has 0 radical (unpaired) electrons. The molecule has 0 aromatic heterocycles. The van der Waals surface area contributed by atoms with Gasteiger partial charge in [-0.1, -0.05) is 40.0 Å². The van der Waals surface area contributed by atoms with Crippen LogP contribution in [0.2, 0.25) is 0 Å². The molecule has 2 nitrogen and oxygen atoms in total. The Kier molecular flexibility index (Phi) is 5.07. The van der Waals surface area contributed by atoms with E-state index in [1.807, 2.05) is 0 Å². The van der Waals surface area contributed by atoms with Crippen molar-refractivity contribution in [2.75, 3.05) is 13.1 Å². The zero-order chi connectivity index (χ0) is 11.3. The van der Waals surface area contributed by atoms with Crippen LogP contribution in [0, 0.1) is 11.3 Å². The van der Waals surface area contributed by atoms with E-state index in [2.05, 4.69) is 26.1 Å². The molecule has 0 heterocycles. The van der Waals surface area contributed by atoms with Crippen molar-refractivity contribution in [2.45, 2.75) is 59.0 Å². The molecule has 1 aliphatic carbocycles. The quantitative estimate of drug-likeness (QED) is 0.752. The van der Waals surface area contributed by atoms with Crippen molar-refractivity contribution < 1.29 is 5.11 Å². The fraction of sp³-hybridized carbons (Fsp3) is 1.00. The van der Waals surface area contributed by atoms with Crippen molar-refractivity contribution in [1.29, 1.82) is 0 Å². The predicted octanol–water partition coefficient (Wildman–Crippen LogP) is 2.56. The largest absolute Gasteiger partial charge is 0.392 e. The first kappa shape index (κ1) is 13.0. The van der Waals surface area contributed by atoms with Crippen molar-refractivity contribution in [2.24, 2.45) is 11.3 Å². The van der Waals surface area contributed by atoms with Crippen molar-refractivity contribution in [3.05, 3.63) is 0 Å². The number of hydrogen-bond acceptors (Lipinski definition) is 2. The fourth-order valence-electron chi connectivity index (χ4n) is 2.28. The van der Waals surface area contributed by atoms with Crippen molar-refractivity contribution >= 4 is 0 Å². The highest BCUT2D eigenvalue weighted by molar-refractivity contribution is 4.76. The van der Waals surface area contributed by atoms with Gasteiger partial charge in [-0.05, 0) is 24.2 Å². The van der Waals surface area contributed by atoms with Gasteiger partial charge in [0.15, 0.2) is 0 Å². The maximum absolute atomic E-state index is 10.0. The van der Waals surface area contributed by atoms with E-state index in [1.54, 1.807) is 0 Å². The minimum Gasteiger partial charge on any atom is -0.392 e. The first-order valence-electron chi connectivity index (χ1n) is 6.38. The molecule has 0 aromatic carbocycles. The van der Waals surface area contributed by atoms with Crippen LogP contribution in [0.15, 0.2) is 0 Å². The Balaban J connectivity index is 2.14. The molecule has 15 heavy (non-hydrogen) atoms. The van der Waals surface area contributed by atoms with E-state index >= 15 is 0 Å². The van der Waals surface area contributed by atoms with Crippen LogP contribution in [0.5, 0.6) is 0 Å². The topological polar surface area (TPSA) is 32.3 Å². The third kappa shape index (κ3) is 5.53. The molecule has 90 valence electrons. The molecule has 0 bridgehead atoms. The Morgan fingerprint density at radius 2 is 1.80 bits per heavy atom. The Morgan fingerprint density at radius 1 is 1.20 bits per heavy atom. The van der Waals surface area contributed by atoms with Crippen LogP contribution in [0.25, 0.3) is 0 Å². The standard InChI is InChI=1S/C13H27NO/c1-13(2,3)10-14-9-12(15)11-7-5-4-6-8-11/h11-12,14-15H,4-10H2,1-3H3. The Bertz CT molecular complexity index is 168. The molecule has 1 fully saturated rings. The molecule has 0 amide bonds. The predicted molar refractivity (Wildman–Crippen MR) is 64.9 cm³/mol. The van der Waals surface area contributed by atoms with Crippen LogP contribution in [0.3, 0.4) is 0 Å². The molecule has 1 rings (SSSR count). The number of rotatable bonds is 4. The zero-order valence-corrected chi connectivity index (χ0v) is 10.6. The normalized spacial score (nSPS) is 21.6. The molecule has 1 atom stereocenters. The molecule has 0 spiro atoms. The summed E-state index contributed by atoms with van der Waals surface area (Å²) < 4.78 is 0. The number of nitrogens with one attached hydrogen (secondary N) is 1. The third-order valence-corrected chi connectivity index (χ3v) is 3.20. The maximum atomic E-state index is 10.0. The highest BCUT2D eigenvalue weighted by atomic mass is 16.3.